The Labute approximate surface area is 114 Å². The molecule has 1 aliphatic carbocycles. The van der Waals surface area contributed by atoms with Gasteiger partial charge in [0, 0.05) is 26.0 Å². The third-order valence-electron chi connectivity index (χ3n) is 4.56. The van der Waals surface area contributed by atoms with E-state index >= 15 is 0 Å². The first kappa shape index (κ1) is 13.9. The van der Waals surface area contributed by atoms with Gasteiger partial charge in [-0.1, -0.05) is 26.7 Å². The van der Waals surface area contributed by atoms with E-state index in [1.165, 1.54) is 19.3 Å². The summed E-state index contributed by atoms with van der Waals surface area (Å²) >= 11 is 0. The van der Waals surface area contributed by atoms with Crippen molar-refractivity contribution in [2.45, 2.75) is 39.7 Å². The molecule has 1 aromatic rings. The average Bonchev–Trinajstić information content (AvgIpc) is 2.90. The second-order valence-corrected chi connectivity index (χ2v) is 5.55. The molecular weight excluding hydrogens is 240 g/mol. The van der Waals surface area contributed by atoms with Crippen molar-refractivity contribution in [3.8, 4) is 0 Å². The number of H-pyrrole nitrogens is 1. The number of carbonyl (C=O) groups is 1. The van der Waals surface area contributed by atoms with E-state index in [1.54, 1.807) is 24.3 Å². The van der Waals surface area contributed by atoms with E-state index in [-0.39, 0.29) is 6.03 Å². The van der Waals surface area contributed by atoms with Crippen LogP contribution in [0.2, 0.25) is 0 Å². The van der Waals surface area contributed by atoms with Crippen molar-refractivity contribution < 1.29 is 4.79 Å². The highest BCUT2D eigenvalue weighted by Crippen LogP contribution is 2.57. The number of hydrogen-bond acceptors (Lipinski definition) is 2. The number of carbonyl (C=O) groups excluding carboxylic acids is 1. The molecule has 0 aliphatic heterocycles. The molecule has 1 atom stereocenters. The second kappa shape index (κ2) is 5.63. The molecule has 0 spiro atoms. The summed E-state index contributed by atoms with van der Waals surface area (Å²) < 4.78 is 0. The third kappa shape index (κ3) is 3.08. The number of imidazole rings is 1. The third-order valence-corrected chi connectivity index (χ3v) is 4.56. The largest absolute Gasteiger partial charge is 0.347 e. The lowest BCUT2D eigenvalue weighted by atomic mass is 9.97. The molecule has 5 nitrogen and oxygen atoms in total. The fraction of sp³-hybridized carbons (Fsp3) is 0.714. The molecule has 0 saturated heterocycles. The lowest BCUT2D eigenvalue weighted by Crippen LogP contribution is -2.38. The molecular formula is C14H24N4O. The zero-order valence-electron chi connectivity index (χ0n) is 12.1. The van der Waals surface area contributed by atoms with Gasteiger partial charge in [-0.2, -0.15) is 0 Å². The van der Waals surface area contributed by atoms with Crippen LogP contribution in [0.3, 0.4) is 0 Å². The Hall–Kier alpha value is -1.52. The van der Waals surface area contributed by atoms with Crippen LogP contribution >= 0.6 is 0 Å². The van der Waals surface area contributed by atoms with Crippen molar-refractivity contribution in [2.24, 2.45) is 11.3 Å². The van der Waals surface area contributed by atoms with Crippen LogP contribution in [0, 0.1) is 11.3 Å². The molecule has 0 bridgehead atoms. The predicted molar refractivity (Wildman–Crippen MR) is 74.6 cm³/mol. The normalized spacial score (nSPS) is 20.1. The van der Waals surface area contributed by atoms with Crippen molar-refractivity contribution in [3.05, 3.63) is 18.2 Å². The Kier molecular flexibility index (Phi) is 4.12. The zero-order valence-corrected chi connectivity index (χ0v) is 12.1. The standard InChI is InChI=1S/C14H24N4O/c1-4-14(5-2)8-11(14)9-17-13(19)18(3)10-12-15-6-7-16-12/h6-7,11H,4-5,8-10H2,1-3H3,(H,15,16)(H,17,19)/t11-/m0/s1. The topological polar surface area (TPSA) is 61.0 Å². The van der Waals surface area contributed by atoms with Gasteiger partial charge in [0.05, 0.1) is 6.54 Å². The number of hydrogen-bond donors (Lipinski definition) is 2. The Morgan fingerprint density at radius 3 is 2.84 bits per heavy atom. The first-order chi connectivity index (χ1) is 9.11. The molecule has 2 rings (SSSR count). The molecule has 19 heavy (non-hydrogen) atoms. The van der Waals surface area contributed by atoms with Crippen LogP contribution in [0.15, 0.2) is 12.4 Å². The first-order valence-corrected chi connectivity index (χ1v) is 7.08. The summed E-state index contributed by atoms with van der Waals surface area (Å²) in [5, 5.41) is 3.03. The molecule has 2 N–H and O–H groups in total. The van der Waals surface area contributed by atoms with Gasteiger partial charge in [-0.3, -0.25) is 0 Å². The van der Waals surface area contributed by atoms with E-state index in [9.17, 15) is 4.79 Å². The molecule has 1 fully saturated rings. The maximum atomic E-state index is 12.0. The Balaban J connectivity index is 1.73. The smallest absolute Gasteiger partial charge is 0.317 e. The number of rotatable bonds is 6. The number of nitrogens with zero attached hydrogens (tertiary/aromatic N) is 2. The monoisotopic (exact) mass is 264 g/mol. The summed E-state index contributed by atoms with van der Waals surface area (Å²) in [4.78, 5) is 20.7. The van der Waals surface area contributed by atoms with Crippen molar-refractivity contribution >= 4 is 6.03 Å². The summed E-state index contributed by atoms with van der Waals surface area (Å²) in [5.41, 5.74) is 0.493. The number of nitrogens with one attached hydrogen (secondary N) is 2. The van der Waals surface area contributed by atoms with Gasteiger partial charge in [-0.05, 0) is 17.8 Å². The van der Waals surface area contributed by atoms with Gasteiger partial charge in [-0.25, -0.2) is 9.78 Å². The highest BCUT2D eigenvalue weighted by Gasteiger charge is 2.50. The lowest BCUT2D eigenvalue weighted by molar-refractivity contribution is 0.204. The lowest BCUT2D eigenvalue weighted by Gasteiger charge is -2.18. The molecule has 1 saturated carbocycles. The van der Waals surface area contributed by atoms with Crippen molar-refractivity contribution in [1.82, 2.24) is 20.2 Å². The first-order valence-electron chi connectivity index (χ1n) is 7.08. The summed E-state index contributed by atoms with van der Waals surface area (Å²) in [6.07, 6.45) is 7.14. The molecule has 1 aromatic heterocycles. The van der Waals surface area contributed by atoms with Crippen molar-refractivity contribution in [3.63, 3.8) is 0 Å². The summed E-state index contributed by atoms with van der Waals surface area (Å²) in [6, 6.07) is -0.0237. The van der Waals surface area contributed by atoms with Crippen LogP contribution in [0.1, 0.15) is 38.9 Å². The second-order valence-electron chi connectivity index (χ2n) is 5.55. The molecule has 5 heteroatoms. The van der Waals surface area contributed by atoms with E-state index in [2.05, 4.69) is 29.1 Å². The van der Waals surface area contributed by atoms with Crippen LogP contribution < -0.4 is 5.32 Å². The van der Waals surface area contributed by atoms with Gasteiger partial charge >= 0.3 is 6.03 Å². The average molecular weight is 264 g/mol. The summed E-state index contributed by atoms with van der Waals surface area (Å²) in [7, 11) is 1.79. The quantitative estimate of drug-likeness (QED) is 0.828. The maximum absolute atomic E-state index is 12.0. The van der Waals surface area contributed by atoms with Gasteiger partial charge in [0.2, 0.25) is 0 Å². The molecule has 2 amide bonds. The van der Waals surface area contributed by atoms with Crippen LogP contribution in [0.25, 0.3) is 0 Å². The van der Waals surface area contributed by atoms with E-state index in [4.69, 9.17) is 0 Å². The van der Waals surface area contributed by atoms with Gasteiger partial charge < -0.3 is 15.2 Å². The molecule has 1 aliphatic rings. The van der Waals surface area contributed by atoms with Crippen molar-refractivity contribution in [2.75, 3.05) is 13.6 Å². The van der Waals surface area contributed by atoms with Crippen LogP contribution in [0.4, 0.5) is 4.79 Å². The number of aromatic amines is 1. The Morgan fingerprint density at radius 1 is 1.58 bits per heavy atom. The Bertz CT molecular complexity index is 411. The predicted octanol–water partition coefficient (Wildman–Crippen LogP) is 2.38. The molecule has 0 unspecified atom stereocenters. The highest BCUT2D eigenvalue weighted by molar-refractivity contribution is 5.73. The minimum Gasteiger partial charge on any atom is -0.347 e. The number of aromatic nitrogens is 2. The fourth-order valence-electron chi connectivity index (χ4n) is 2.86. The van der Waals surface area contributed by atoms with E-state index in [0.29, 0.717) is 17.9 Å². The van der Waals surface area contributed by atoms with Gasteiger partial charge in [0.25, 0.3) is 0 Å². The van der Waals surface area contributed by atoms with E-state index < -0.39 is 0 Å². The van der Waals surface area contributed by atoms with Crippen LogP contribution in [-0.2, 0) is 6.54 Å². The molecule has 0 aromatic carbocycles. The zero-order chi connectivity index (χ0) is 13.9. The van der Waals surface area contributed by atoms with Gasteiger partial charge in [0.1, 0.15) is 5.82 Å². The van der Waals surface area contributed by atoms with Crippen LogP contribution in [-0.4, -0.2) is 34.5 Å². The molecule has 1 heterocycles. The Morgan fingerprint density at radius 2 is 2.32 bits per heavy atom. The van der Waals surface area contributed by atoms with E-state index in [0.717, 1.165) is 12.4 Å². The van der Waals surface area contributed by atoms with Crippen molar-refractivity contribution in [1.29, 1.82) is 0 Å². The molecule has 106 valence electrons. The SMILES string of the molecule is CCC1(CC)C[C@H]1CNC(=O)N(C)Cc1ncc[nH]1. The molecule has 0 radical (unpaired) electrons. The number of urea groups is 1. The van der Waals surface area contributed by atoms with E-state index in [1.807, 2.05) is 0 Å². The number of amides is 2. The minimum atomic E-state index is -0.0237. The maximum Gasteiger partial charge on any atom is 0.317 e. The summed E-state index contributed by atoms with van der Waals surface area (Å²) in [5.74, 6) is 1.46. The minimum absolute atomic E-state index is 0.0237. The highest BCUT2D eigenvalue weighted by atomic mass is 16.2. The summed E-state index contributed by atoms with van der Waals surface area (Å²) in [6.45, 7) is 5.79. The van der Waals surface area contributed by atoms with Gasteiger partial charge in [-0.15, -0.1) is 0 Å². The van der Waals surface area contributed by atoms with Gasteiger partial charge in [0.15, 0.2) is 0 Å². The fourth-order valence-corrected chi connectivity index (χ4v) is 2.86. The van der Waals surface area contributed by atoms with Crippen LogP contribution in [0.5, 0.6) is 0 Å².